The molecule has 15 heavy (non-hydrogen) atoms. The Hall–Kier alpha value is -0.970. The van der Waals surface area contributed by atoms with E-state index in [0.29, 0.717) is 5.02 Å². The van der Waals surface area contributed by atoms with Gasteiger partial charge in [0.1, 0.15) is 6.10 Å². The quantitative estimate of drug-likeness (QED) is 0.779. The maximum Gasteiger partial charge on any atom is 0.115 e. The average molecular weight is 223 g/mol. The third-order valence-corrected chi connectivity index (χ3v) is 2.31. The fourth-order valence-electron chi connectivity index (χ4n) is 1.17. The number of hydrogen-bond acceptors (Lipinski definition) is 1. The molecule has 0 radical (unpaired) electrons. The van der Waals surface area contributed by atoms with Gasteiger partial charge in [-0.15, -0.1) is 0 Å². The van der Waals surface area contributed by atoms with Crippen LogP contribution in [-0.4, -0.2) is 11.2 Å². The summed E-state index contributed by atoms with van der Waals surface area (Å²) in [5.74, 6) is 5.74. The highest BCUT2D eigenvalue weighted by Gasteiger charge is 1.96. The first-order valence-corrected chi connectivity index (χ1v) is 5.55. The second kappa shape index (κ2) is 6.50. The van der Waals surface area contributed by atoms with Crippen molar-refractivity contribution in [1.29, 1.82) is 0 Å². The lowest BCUT2D eigenvalue weighted by Crippen LogP contribution is -2.01. The van der Waals surface area contributed by atoms with Crippen molar-refractivity contribution in [3.63, 3.8) is 0 Å². The van der Waals surface area contributed by atoms with Gasteiger partial charge in [-0.05, 0) is 30.7 Å². The Morgan fingerprint density at radius 2 is 2.00 bits per heavy atom. The normalized spacial score (nSPS) is 11.7. The van der Waals surface area contributed by atoms with Crippen molar-refractivity contribution in [3.05, 3.63) is 34.9 Å². The van der Waals surface area contributed by atoms with Crippen molar-refractivity contribution >= 4 is 11.6 Å². The number of rotatable bonds is 3. The molecular formula is C13H15ClO. The summed E-state index contributed by atoms with van der Waals surface area (Å²) in [6.45, 7) is 2.10. The van der Waals surface area contributed by atoms with E-state index in [4.69, 9.17) is 11.6 Å². The smallest absolute Gasteiger partial charge is 0.115 e. The van der Waals surface area contributed by atoms with Gasteiger partial charge < -0.3 is 5.11 Å². The molecule has 0 fully saturated rings. The SMILES string of the molecule is CCCCC(O)C#Cc1ccc(Cl)cc1. The fraction of sp³-hybridized carbons (Fsp3) is 0.385. The lowest BCUT2D eigenvalue weighted by atomic mass is 10.1. The average Bonchev–Trinajstić information content (AvgIpc) is 2.25. The van der Waals surface area contributed by atoms with Gasteiger partial charge >= 0.3 is 0 Å². The van der Waals surface area contributed by atoms with E-state index in [9.17, 15) is 5.11 Å². The summed E-state index contributed by atoms with van der Waals surface area (Å²) >= 11 is 5.75. The van der Waals surface area contributed by atoms with Crippen LogP contribution < -0.4 is 0 Å². The number of benzene rings is 1. The summed E-state index contributed by atoms with van der Waals surface area (Å²) < 4.78 is 0. The van der Waals surface area contributed by atoms with E-state index < -0.39 is 6.10 Å². The maximum atomic E-state index is 9.50. The molecule has 0 saturated carbocycles. The molecule has 0 heterocycles. The Labute approximate surface area is 96.1 Å². The summed E-state index contributed by atoms with van der Waals surface area (Å²) in [7, 11) is 0. The van der Waals surface area contributed by atoms with Gasteiger partial charge in [0.25, 0.3) is 0 Å². The minimum absolute atomic E-state index is 0.513. The zero-order valence-electron chi connectivity index (χ0n) is 8.83. The summed E-state index contributed by atoms with van der Waals surface area (Å²) in [4.78, 5) is 0. The molecule has 0 saturated heterocycles. The van der Waals surface area contributed by atoms with E-state index in [1.165, 1.54) is 0 Å². The van der Waals surface area contributed by atoms with Crippen LogP contribution in [0.4, 0.5) is 0 Å². The van der Waals surface area contributed by atoms with Crippen LogP contribution in [0, 0.1) is 11.8 Å². The summed E-state index contributed by atoms with van der Waals surface area (Å²) in [5, 5.41) is 10.2. The highest BCUT2D eigenvalue weighted by Crippen LogP contribution is 2.08. The second-order valence-electron chi connectivity index (χ2n) is 3.43. The lowest BCUT2D eigenvalue weighted by molar-refractivity contribution is 0.218. The van der Waals surface area contributed by atoms with E-state index in [1.54, 1.807) is 12.1 Å². The van der Waals surface area contributed by atoms with Crippen LogP contribution in [0.3, 0.4) is 0 Å². The van der Waals surface area contributed by atoms with Crippen LogP contribution in [0.25, 0.3) is 0 Å². The third kappa shape index (κ3) is 4.88. The molecule has 1 unspecified atom stereocenters. The molecule has 1 aromatic carbocycles. The largest absolute Gasteiger partial charge is 0.380 e. The van der Waals surface area contributed by atoms with Crippen molar-refractivity contribution in [3.8, 4) is 11.8 Å². The topological polar surface area (TPSA) is 20.2 Å². The Morgan fingerprint density at radius 3 is 2.60 bits per heavy atom. The van der Waals surface area contributed by atoms with Crippen LogP contribution in [0.1, 0.15) is 31.7 Å². The Balaban J connectivity index is 2.53. The molecule has 0 aliphatic rings. The standard InChI is InChI=1S/C13H15ClO/c1-2-3-4-13(15)10-7-11-5-8-12(14)9-6-11/h5-6,8-9,13,15H,2-4H2,1H3. The third-order valence-electron chi connectivity index (χ3n) is 2.06. The first-order chi connectivity index (χ1) is 7.22. The molecule has 0 bridgehead atoms. The van der Waals surface area contributed by atoms with Gasteiger partial charge in [0.15, 0.2) is 0 Å². The molecule has 0 aliphatic carbocycles. The molecule has 0 aromatic heterocycles. The Morgan fingerprint density at radius 1 is 1.33 bits per heavy atom. The molecular weight excluding hydrogens is 208 g/mol. The van der Waals surface area contributed by atoms with Gasteiger partial charge in [-0.1, -0.05) is 43.2 Å². The van der Waals surface area contributed by atoms with Crippen molar-refractivity contribution in [1.82, 2.24) is 0 Å². The van der Waals surface area contributed by atoms with Crippen LogP contribution >= 0.6 is 11.6 Å². The number of unbranched alkanes of at least 4 members (excludes halogenated alkanes) is 1. The first kappa shape index (κ1) is 12.1. The van der Waals surface area contributed by atoms with Crippen LogP contribution in [0.2, 0.25) is 5.02 Å². The van der Waals surface area contributed by atoms with Crippen LogP contribution in [0.5, 0.6) is 0 Å². The van der Waals surface area contributed by atoms with Crippen molar-refractivity contribution in [2.24, 2.45) is 0 Å². The van der Waals surface area contributed by atoms with Gasteiger partial charge in [0, 0.05) is 10.6 Å². The van der Waals surface area contributed by atoms with Crippen molar-refractivity contribution in [2.75, 3.05) is 0 Å². The zero-order chi connectivity index (χ0) is 11.1. The van der Waals surface area contributed by atoms with E-state index in [2.05, 4.69) is 18.8 Å². The zero-order valence-corrected chi connectivity index (χ0v) is 9.59. The molecule has 0 amide bonds. The summed E-state index contributed by atoms with van der Waals surface area (Å²) in [6.07, 6.45) is 2.33. The van der Waals surface area contributed by atoms with E-state index in [0.717, 1.165) is 24.8 Å². The molecule has 1 atom stereocenters. The molecule has 1 aromatic rings. The Kier molecular flexibility index (Phi) is 5.25. The fourth-order valence-corrected chi connectivity index (χ4v) is 1.30. The molecule has 1 rings (SSSR count). The lowest BCUT2D eigenvalue weighted by Gasteiger charge is -1.99. The molecule has 2 heteroatoms. The number of hydrogen-bond donors (Lipinski definition) is 1. The molecule has 1 nitrogen and oxygen atoms in total. The monoisotopic (exact) mass is 222 g/mol. The minimum atomic E-state index is -0.513. The van der Waals surface area contributed by atoms with Gasteiger partial charge in [0.05, 0.1) is 0 Å². The second-order valence-corrected chi connectivity index (χ2v) is 3.87. The Bertz CT molecular complexity index is 345. The minimum Gasteiger partial charge on any atom is -0.380 e. The summed E-state index contributed by atoms with van der Waals surface area (Å²) in [6, 6.07) is 7.29. The first-order valence-electron chi connectivity index (χ1n) is 5.17. The predicted octanol–water partition coefficient (Wildman–Crippen LogP) is 3.24. The molecule has 80 valence electrons. The van der Waals surface area contributed by atoms with Gasteiger partial charge in [-0.25, -0.2) is 0 Å². The van der Waals surface area contributed by atoms with Gasteiger partial charge in [0.2, 0.25) is 0 Å². The van der Waals surface area contributed by atoms with Gasteiger partial charge in [-0.2, -0.15) is 0 Å². The van der Waals surface area contributed by atoms with Crippen LogP contribution in [-0.2, 0) is 0 Å². The van der Waals surface area contributed by atoms with Crippen LogP contribution in [0.15, 0.2) is 24.3 Å². The summed E-state index contributed by atoms with van der Waals surface area (Å²) in [5.41, 5.74) is 0.884. The predicted molar refractivity (Wildman–Crippen MR) is 63.9 cm³/mol. The maximum absolute atomic E-state index is 9.50. The highest BCUT2D eigenvalue weighted by molar-refractivity contribution is 6.30. The number of aliphatic hydroxyl groups is 1. The van der Waals surface area contributed by atoms with E-state index in [-0.39, 0.29) is 0 Å². The van der Waals surface area contributed by atoms with Crippen molar-refractivity contribution < 1.29 is 5.11 Å². The van der Waals surface area contributed by atoms with Crippen molar-refractivity contribution in [2.45, 2.75) is 32.3 Å². The number of aliphatic hydroxyl groups excluding tert-OH is 1. The van der Waals surface area contributed by atoms with E-state index >= 15 is 0 Å². The highest BCUT2D eigenvalue weighted by atomic mass is 35.5. The van der Waals surface area contributed by atoms with Gasteiger partial charge in [-0.3, -0.25) is 0 Å². The number of halogens is 1. The van der Waals surface area contributed by atoms with E-state index in [1.807, 2.05) is 12.1 Å². The molecule has 0 spiro atoms. The molecule has 0 aliphatic heterocycles. The molecule has 1 N–H and O–H groups in total.